The zero-order valence-electron chi connectivity index (χ0n) is 7.48. The molecule has 3 nitrogen and oxygen atoms in total. The third kappa shape index (κ3) is 2.53. The molecular formula is C8H11BIrN3. The molecule has 2 radical (unpaired) electrons. The fourth-order valence-electron chi connectivity index (χ4n) is 1.32. The normalized spacial score (nSPS) is 16.5. The van der Waals surface area contributed by atoms with Gasteiger partial charge in [0.15, 0.2) is 0 Å². The Morgan fingerprint density at radius 3 is 2.77 bits per heavy atom. The molecule has 13 heavy (non-hydrogen) atoms. The summed E-state index contributed by atoms with van der Waals surface area (Å²) in [5, 5.41) is 0. The topological polar surface area (TPSA) is 19.4 Å². The summed E-state index contributed by atoms with van der Waals surface area (Å²) in [6.45, 7) is 2.12. The van der Waals surface area contributed by atoms with Crippen molar-refractivity contribution in [1.29, 1.82) is 0 Å². The summed E-state index contributed by atoms with van der Waals surface area (Å²) in [5.74, 6) is 1.03. The maximum absolute atomic E-state index is 4.26. The summed E-state index contributed by atoms with van der Waals surface area (Å²) in [6, 6.07) is 5.97. The third-order valence-electron chi connectivity index (χ3n) is 1.97. The van der Waals surface area contributed by atoms with Gasteiger partial charge in [-0.05, 0) is 19.2 Å². The van der Waals surface area contributed by atoms with Crippen LogP contribution in [-0.2, 0) is 20.1 Å². The first-order valence-corrected chi connectivity index (χ1v) is 4.09. The van der Waals surface area contributed by atoms with Gasteiger partial charge in [0.1, 0.15) is 5.82 Å². The van der Waals surface area contributed by atoms with E-state index in [9.17, 15) is 0 Å². The van der Waals surface area contributed by atoms with E-state index in [4.69, 9.17) is 0 Å². The number of anilines is 1. The predicted molar refractivity (Wildman–Crippen MR) is 50.0 cm³/mol. The van der Waals surface area contributed by atoms with Gasteiger partial charge in [-0.1, -0.05) is 6.07 Å². The van der Waals surface area contributed by atoms with Crippen LogP contribution in [0.5, 0.6) is 0 Å². The van der Waals surface area contributed by atoms with E-state index in [2.05, 4.69) is 29.2 Å². The Bertz CT molecular complexity index is 257. The number of nitrogens with zero attached hydrogens (tertiary/aromatic N) is 3. The van der Waals surface area contributed by atoms with Gasteiger partial charge in [-0.25, -0.2) is 4.98 Å². The van der Waals surface area contributed by atoms with Gasteiger partial charge in [0.05, 0.1) is 0 Å². The van der Waals surface area contributed by atoms with Gasteiger partial charge in [0.2, 0.25) is 0 Å². The molecule has 0 bridgehead atoms. The van der Waals surface area contributed by atoms with E-state index >= 15 is 0 Å². The fourth-order valence-corrected chi connectivity index (χ4v) is 1.32. The molecule has 0 amide bonds. The van der Waals surface area contributed by atoms with Crippen molar-refractivity contribution in [2.75, 3.05) is 24.9 Å². The summed E-state index contributed by atoms with van der Waals surface area (Å²) < 4.78 is 0. The van der Waals surface area contributed by atoms with Crippen molar-refractivity contribution in [2.45, 2.75) is 0 Å². The molecule has 0 N–H and O–H groups in total. The quantitative estimate of drug-likeness (QED) is 0.681. The molecule has 1 aromatic rings. The van der Waals surface area contributed by atoms with Crippen LogP contribution in [0.2, 0.25) is 0 Å². The molecule has 0 atom stereocenters. The first kappa shape index (κ1) is 10.7. The molecular weight excluding hydrogens is 341 g/mol. The second-order valence-electron chi connectivity index (χ2n) is 2.98. The van der Waals surface area contributed by atoms with Gasteiger partial charge in [0, 0.05) is 39.4 Å². The van der Waals surface area contributed by atoms with Crippen LogP contribution < -0.4 is 4.81 Å². The van der Waals surface area contributed by atoms with Crippen molar-refractivity contribution in [3.05, 3.63) is 24.4 Å². The molecule has 2 rings (SSSR count). The van der Waals surface area contributed by atoms with Crippen molar-refractivity contribution in [3.8, 4) is 0 Å². The van der Waals surface area contributed by atoms with Crippen LogP contribution in [0.3, 0.4) is 0 Å². The Morgan fingerprint density at radius 2 is 2.23 bits per heavy atom. The molecule has 0 aromatic carbocycles. The molecule has 0 unspecified atom stereocenters. The minimum absolute atomic E-state index is 0. The minimum atomic E-state index is 0. The Morgan fingerprint density at radius 1 is 1.38 bits per heavy atom. The zero-order chi connectivity index (χ0) is 8.39. The molecule has 1 fully saturated rings. The second-order valence-corrected chi connectivity index (χ2v) is 2.98. The second kappa shape index (κ2) is 4.75. The molecule has 0 saturated carbocycles. The fraction of sp³-hybridized carbons (Fsp3) is 0.375. The summed E-state index contributed by atoms with van der Waals surface area (Å²) in [4.78, 5) is 8.58. The SMILES string of the molecule is CN1[B]N(c2ccccn2)CC1.[Ir]. The average molecular weight is 352 g/mol. The molecule has 2 heterocycles. The van der Waals surface area contributed by atoms with Gasteiger partial charge in [0.25, 0.3) is 0 Å². The Balaban J connectivity index is 0.000000845. The van der Waals surface area contributed by atoms with Gasteiger partial charge in [-0.3, -0.25) is 0 Å². The van der Waals surface area contributed by atoms with Crippen LogP contribution in [0.4, 0.5) is 5.82 Å². The van der Waals surface area contributed by atoms with Crippen molar-refractivity contribution in [2.24, 2.45) is 0 Å². The summed E-state index contributed by atoms with van der Waals surface area (Å²) in [7, 11) is 4.16. The molecule has 1 aliphatic heterocycles. The maximum Gasteiger partial charge on any atom is 0.353 e. The van der Waals surface area contributed by atoms with Crippen molar-refractivity contribution >= 4 is 13.4 Å². The number of hydrogen-bond acceptors (Lipinski definition) is 3. The standard InChI is InChI=1S/C8H11BN3.Ir/c1-11-6-7-12(9-11)8-4-2-3-5-10-8;/h2-5H,6-7H2,1H3;. The van der Waals surface area contributed by atoms with Gasteiger partial charge >= 0.3 is 7.55 Å². The smallest absolute Gasteiger partial charge is 0.353 e. The molecule has 1 aromatic heterocycles. The van der Waals surface area contributed by atoms with Crippen LogP contribution in [0.15, 0.2) is 24.4 Å². The average Bonchev–Trinajstić information content (AvgIpc) is 2.54. The summed E-state index contributed by atoms with van der Waals surface area (Å²) in [5.41, 5.74) is 0. The van der Waals surface area contributed by atoms with Gasteiger partial charge in [-0.2, -0.15) is 0 Å². The zero-order valence-corrected chi connectivity index (χ0v) is 9.87. The molecule has 0 spiro atoms. The number of likely N-dealkylation sites (N-methyl/N-ethyl adjacent to an activating group) is 1. The number of rotatable bonds is 1. The molecule has 1 saturated heterocycles. The minimum Gasteiger partial charge on any atom is -0.388 e. The van der Waals surface area contributed by atoms with Crippen LogP contribution in [0.25, 0.3) is 0 Å². The Kier molecular flexibility index (Phi) is 3.91. The number of pyridine rings is 1. The van der Waals surface area contributed by atoms with E-state index in [-0.39, 0.29) is 20.1 Å². The first-order chi connectivity index (χ1) is 5.86. The molecule has 0 aliphatic carbocycles. The van der Waals surface area contributed by atoms with E-state index in [1.54, 1.807) is 0 Å². The van der Waals surface area contributed by atoms with Crippen LogP contribution in [0.1, 0.15) is 0 Å². The monoisotopic (exact) mass is 353 g/mol. The van der Waals surface area contributed by atoms with Gasteiger partial charge < -0.3 is 9.62 Å². The van der Waals surface area contributed by atoms with E-state index in [1.807, 2.05) is 24.4 Å². The van der Waals surface area contributed by atoms with Crippen molar-refractivity contribution < 1.29 is 20.1 Å². The Labute approximate surface area is 92.8 Å². The van der Waals surface area contributed by atoms with Crippen molar-refractivity contribution in [1.82, 2.24) is 9.79 Å². The van der Waals surface area contributed by atoms with E-state index in [0.29, 0.717) is 0 Å². The predicted octanol–water partition coefficient (Wildman–Crippen LogP) is 0.365. The summed E-state index contributed by atoms with van der Waals surface area (Å²) >= 11 is 0. The number of aromatic nitrogens is 1. The maximum atomic E-state index is 4.26. The Hall–Kier alpha value is -0.376. The third-order valence-corrected chi connectivity index (χ3v) is 1.97. The van der Waals surface area contributed by atoms with E-state index < -0.39 is 0 Å². The van der Waals surface area contributed by atoms with Crippen LogP contribution in [0, 0.1) is 0 Å². The summed E-state index contributed by atoms with van der Waals surface area (Å²) in [6.07, 6.45) is 1.82. The van der Waals surface area contributed by atoms with Crippen molar-refractivity contribution in [3.63, 3.8) is 0 Å². The van der Waals surface area contributed by atoms with E-state index in [1.165, 1.54) is 0 Å². The first-order valence-electron chi connectivity index (χ1n) is 4.09. The number of hydrogen-bond donors (Lipinski definition) is 0. The molecule has 1 aliphatic rings. The van der Waals surface area contributed by atoms with Gasteiger partial charge in [-0.15, -0.1) is 0 Å². The largest absolute Gasteiger partial charge is 0.388 e. The molecule has 5 heteroatoms. The van der Waals surface area contributed by atoms with Crippen LogP contribution >= 0.6 is 0 Å². The molecule has 70 valence electrons. The van der Waals surface area contributed by atoms with Crippen LogP contribution in [-0.4, -0.2) is 37.5 Å². The van der Waals surface area contributed by atoms with E-state index in [0.717, 1.165) is 18.9 Å².